The Hall–Kier alpha value is -2.32. The van der Waals surface area contributed by atoms with Crippen molar-refractivity contribution in [1.29, 1.82) is 0 Å². The highest BCUT2D eigenvalue weighted by Crippen LogP contribution is 2.37. The molecule has 4 aliphatic rings. The quantitative estimate of drug-likeness (QED) is 0.197. The molecule has 2 aromatic carbocycles. The zero-order valence-corrected chi connectivity index (χ0v) is 31.3. The molecule has 6 heterocycles. The van der Waals surface area contributed by atoms with E-state index < -0.39 is 0 Å². The molecule has 252 valence electrons. The summed E-state index contributed by atoms with van der Waals surface area (Å²) in [5, 5.41) is 2.75. The second kappa shape index (κ2) is 16.6. The zero-order valence-electron chi connectivity index (χ0n) is 25.8. The maximum atomic E-state index is 7.83. The Bertz CT molecular complexity index is 1580. The Morgan fingerprint density at radius 2 is 0.833 bits per heavy atom. The van der Waals surface area contributed by atoms with Crippen molar-refractivity contribution in [2.24, 2.45) is 0 Å². The molecule has 48 heavy (non-hydrogen) atoms. The fraction of sp³-hybridized carbons (Fsp3) is 0.375. The molecule has 0 aliphatic carbocycles. The molecule has 0 bridgehead atoms. The fourth-order valence-electron chi connectivity index (χ4n) is 5.95. The number of fused-ring (bicyclic) bond motifs is 2. The Morgan fingerprint density at radius 1 is 0.500 bits per heavy atom. The molecule has 0 atom stereocenters. The number of nitrogens with zero attached hydrogens (tertiary/aromatic N) is 8. The van der Waals surface area contributed by atoms with Gasteiger partial charge in [0.2, 0.25) is 11.9 Å². The standard InChI is InChI=1S/2C16H16Cl2N4S.OS/c2*17-11-1-3-12(4-2-11)21-6-8-22(9-7-21)16-19-13-5-10-23-14(13)15(18)20-16;1-2/h2*1-4H,5-10H2;. The SMILES string of the molecule is Clc1ccc(N2CCN(c3nc(Cl)c4c(n3)CCS4)CC2)cc1.Clc1ccc(N2CCN(c3nc(Cl)c4c(n3)CCS4)CC2)cc1.O=S. The molecule has 2 saturated heterocycles. The maximum absolute atomic E-state index is 7.83. The van der Waals surface area contributed by atoms with E-state index in [1.54, 1.807) is 23.5 Å². The van der Waals surface area contributed by atoms with Crippen LogP contribution < -0.4 is 19.6 Å². The van der Waals surface area contributed by atoms with Crippen LogP contribution in [-0.4, -0.2) is 88.0 Å². The molecule has 4 aliphatic heterocycles. The van der Waals surface area contributed by atoms with Crippen molar-refractivity contribution in [2.45, 2.75) is 22.6 Å². The lowest BCUT2D eigenvalue weighted by Crippen LogP contribution is -2.47. The van der Waals surface area contributed by atoms with Crippen LogP contribution in [0, 0.1) is 0 Å². The summed E-state index contributed by atoms with van der Waals surface area (Å²) in [6.45, 7) is 7.33. The Labute approximate surface area is 314 Å². The molecule has 0 amide bonds. The molecule has 0 saturated carbocycles. The minimum atomic E-state index is 0.604. The number of rotatable bonds is 4. The third kappa shape index (κ3) is 8.34. The predicted molar refractivity (Wildman–Crippen MR) is 203 cm³/mol. The van der Waals surface area contributed by atoms with Crippen LogP contribution in [0.2, 0.25) is 20.4 Å². The summed E-state index contributed by atoms with van der Waals surface area (Å²) < 4.78 is 7.83. The van der Waals surface area contributed by atoms with Crippen molar-refractivity contribution in [3.05, 3.63) is 80.3 Å². The summed E-state index contributed by atoms with van der Waals surface area (Å²) in [5.41, 5.74) is 4.62. The number of thioether (sulfide) groups is 2. The minimum Gasteiger partial charge on any atom is -0.368 e. The van der Waals surface area contributed by atoms with Crippen LogP contribution in [0.25, 0.3) is 0 Å². The number of hydrogen-bond acceptors (Lipinski definition) is 12. The smallest absolute Gasteiger partial charge is 0.227 e. The second-order valence-electron chi connectivity index (χ2n) is 11.3. The first-order chi connectivity index (χ1) is 23.4. The largest absolute Gasteiger partial charge is 0.368 e. The molecule has 0 unspecified atom stereocenters. The number of aryl methyl sites for hydroxylation is 2. The van der Waals surface area contributed by atoms with Gasteiger partial charge in [0.25, 0.3) is 0 Å². The normalized spacial score (nSPS) is 16.8. The van der Waals surface area contributed by atoms with Crippen LogP contribution in [0.4, 0.5) is 23.3 Å². The average molecular weight is 783 g/mol. The highest BCUT2D eigenvalue weighted by molar-refractivity contribution is 8.00. The lowest BCUT2D eigenvalue weighted by molar-refractivity contribution is 0.637. The van der Waals surface area contributed by atoms with Crippen molar-refractivity contribution >= 4 is 106 Å². The van der Waals surface area contributed by atoms with Crippen LogP contribution in [-0.2, 0) is 25.4 Å². The molecule has 2 aromatic heterocycles. The molecular formula is C32H32Cl4N8OS3. The molecule has 16 heteroatoms. The van der Waals surface area contributed by atoms with E-state index in [1.807, 2.05) is 24.3 Å². The Balaban J connectivity index is 0.000000159. The molecule has 0 N–H and O–H groups in total. The molecule has 8 rings (SSSR count). The second-order valence-corrected chi connectivity index (χ2v) is 15.1. The predicted octanol–water partition coefficient (Wildman–Crippen LogP) is 7.18. The lowest BCUT2D eigenvalue weighted by atomic mass is 10.2. The molecule has 4 aromatic rings. The van der Waals surface area contributed by atoms with Crippen molar-refractivity contribution in [1.82, 2.24) is 19.9 Å². The van der Waals surface area contributed by atoms with Gasteiger partial charge in [-0.2, -0.15) is 14.2 Å². The van der Waals surface area contributed by atoms with Crippen LogP contribution in [0.1, 0.15) is 11.4 Å². The van der Waals surface area contributed by atoms with Crippen LogP contribution in [0.5, 0.6) is 0 Å². The van der Waals surface area contributed by atoms with Gasteiger partial charge in [-0.15, -0.1) is 23.5 Å². The lowest BCUT2D eigenvalue weighted by Gasteiger charge is -2.36. The van der Waals surface area contributed by atoms with E-state index in [1.165, 1.54) is 11.4 Å². The van der Waals surface area contributed by atoms with E-state index in [4.69, 9.17) is 60.6 Å². The van der Waals surface area contributed by atoms with Gasteiger partial charge in [-0.05, 0) is 48.5 Å². The summed E-state index contributed by atoms with van der Waals surface area (Å²) in [7, 11) is 0. The number of anilines is 4. The first kappa shape index (κ1) is 35.5. The first-order valence-corrected chi connectivity index (χ1v) is 19.3. The van der Waals surface area contributed by atoms with E-state index in [2.05, 4.69) is 66.4 Å². The average Bonchev–Trinajstić information content (AvgIpc) is 3.81. The monoisotopic (exact) mass is 780 g/mol. The molecule has 0 radical (unpaired) electrons. The number of halogens is 4. The van der Waals surface area contributed by atoms with Crippen molar-refractivity contribution in [3.8, 4) is 0 Å². The zero-order chi connectivity index (χ0) is 33.6. The molecule has 9 nitrogen and oxygen atoms in total. The summed E-state index contributed by atoms with van der Waals surface area (Å²) in [6.07, 6.45) is 1.97. The van der Waals surface area contributed by atoms with Crippen molar-refractivity contribution in [3.63, 3.8) is 0 Å². The van der Waals surface area contributed by atoms with Gasteiger partial charge in [0, 0.05) is 98.1 Å². The summed E-state index contributed by atoms with van der Waals surface area (Å²) in [4.78, 5) is 29.7. The Kier molecular flexibility index (Phi) is 12.3. The van der Waals surface area contributed by atoms with Gasteiger partial charge in [-0.25, -0.2) is 9.97 Å². The highest BCUT2D eigenvalue weighted by atomic mass is 35.5. The summed E-state index contributed by atoms with van der Waals surface area (Å²) in [5.74, 6) is 3.65. The van der Waals surface area contributed by atoms with Gasteiger partial charge in [-0.3, -0.25) is 0 Å². The van der Waals surface area contributed by atoms with E-state index in [0.717, 1.165) is 120 Å². The van der Waals surface area contributed by atoms with E-state index in [9.17, 15) is 0 Å². The molecule has 0 spiro atoms. The number of hydrogen-bond donors (Lipinski definition) is 0. The maximum Gasteiger partial charge on any atom is 0.227 e. The van der Waals surface area contributed by atoms with Gasteiger partial charge < -0.3 is 19.6 Å². The minimum absolute atomic E-state index is 0.604. The third-order valence-corrected chi connectivity index (χ3v) is 12.0. The van der Waals surface area contributed by atoms with Crippen LogP contribution >= 0.6 is 69.9 Å². The van der Waals surface area contributed by atoms with E-state index >= 15 is 0 Å². The van der Waals surface area contributed by atoms with Crippen LogP contribution in [0.3, 0.4) is 0 Å². The van der Waals surface area contributed by atoms with Gasteiger partial charge in [-0.1, -0.05) is 46.4 Å². The number of benzene rings is 2. The van der Waals surface area contributed by atoms with Gasteiger partial charge in [0.1, 0.15) is 10.3 Å². The third-order valence-electron chi connectivity index (χ3n) is 8.44. The first-order valence-electron chi connectivity index (χ1n) is 15.5. The molecule has 2 fully saturated rings. The molecular weight excluding hydrogens is 750 g/mol. The van der Waals surface area contributed by atoms with Crippen molar-refractivity contribution < 1.29 is 4.21 Å². The topological polar surface area (TPSA) is 81.6 Å². The fourth-order valence-corrected chi connectivity index (χ4v) is 8.85. The number of aromatic nitrogens is 4. The van der Waals surface area contributed by atoms with Crippen molar-refractivity contribution in [2.75, 3.05) is 83.5 Å². The van der Waals surface area contributed by atoms with Gasteiger partial charge >= 0.3 is 0 Å². The highest BCUT2D eigenvalue weighted by Gasteiger charge is 2.26. The van der Waals surface area contributed by atoms with Crippen LogP contribution in [0.15, 0.2) is 58.3 Å². The van der Waals surface area contributed by atoms with E-state index in [-0.39, 0.29) is 0 Å². The van der Waals surface area contributed by atoms with Gasteiger partial charge in [0.05, 0.1) is 21.2 Å². The summed E-state index contributed by atoms with van der Waals surface area (Å²) >= 11 is 30.9. The summed E-state index contributed by atoms with van der Waals surface area (Å²) in [6, 6.07) is 16.0. The van der Waals surface area contributed by atoms with E-state index in [0.29, 0.717) is 10.3 Å². The Morgan fingerprint density at radius 3 is 1.19 bits per heavy atom. The van der Waals surface area contributed by atoms with Gasteiger partial charge in [0.15, 0.2) is 12.5 Å². The number of piperazine rings is 2.